The van der Waals surface area contributed by atoms with E-state index in [-0.39, 0.29) is 30.1 Å². The summed E-state index contributed by atoms with van der Waals surface area (Å²) in [6.07, 6.45) is 1.72. The van der Waals surface area contributed by atoms with Crippen LogP contribution in [0.2, 0.25) is 0 Å². The van der Waals surface area contributed by atoms with Gasteiger partial charge in [0.05, 0.1) is 6.04 Å². The molecule has 0 rings (SSSR count). The molecule has 0 aromatic rings. The van der Waals surface area contributed by atoms with Crippen LogP contribution in [0, 0.1) is 23.7 Å². The van der Waals surface area contributed by atoms with E-state index in [1.807, 2.05) is 55.4 Å². The van der Waals surface area contributed by atoms with Crippen molar-refractivity contribution in [3.05, 3.63) is 0 Å². The fraction of sp³-hybridized carbons (Fsp3) is 0.833. The standard InChI is InChI=1S/C24H46N4O5/c1-9-16(8)20(25)23(31)27-18(11-14(4)5)21(29)26-17(10-13(2)3)22(30)28-19(24(32)33)12-15(6)7/h13-20H,9-12,25H2,1-8H3,(H,26,29)(H,27,31)(H,28,30)(H,32,33). The number of rotatable bonds is 15. The Hall–Kier alpha value is -2.16. The number of hydrogen-bond acceptors (Lipinski definition) is 5. The molecule has 9 nitrogen and oxygen atoms in total. The van der Waals surface area contributed by atoms with Gasteiger partial charge < -0.3 is 26.8 Å². The Morgan fingerprint density at radius 2 is 1.00 bits per heavy atom. The van der Waals surface area contributed by atoms with E-state index >= 15 is 0 Å². The van der Waals surface area contributed by atoms with Gasteiger partial charge in [-0.05, 0) is 42.9 Å². The van der Waals surface area contributed by atoms with E-state index in [1.165, 1.54) is 0 Å². The third kappa shape index (κ3) is 12.0. The summed E-state index contributed by atoms with van der Waals surface area (Å²) in [6, 6.07) is -3.54. The minimum atomic E-state index is -1.12. The molecular formula is C24H46N4O5. The first kappa shape index (κ1) is 30.8. The third-order valence-corrected chi connectivity index (χ3v) is 5.56. The van der Waals surface area contributed by atoms with Gasteiger partial charge in [-0.2, -0.15) is 0 Å². The van der Waals surface area contributed by atoms with Gasteiger partial charge in [0, 0.05) is 0 Å². The molecule has 0 spiro atoms. The first-order valence-electron chi connectivity index (χ1n) is 12.1. The van der Waals surface area contributed by atoms with Crippen LogP contribution in [0.1, 0.15) is 81.1 Å². The normalized spacial score (nSPS) is 16.1. The lowest BCUT2D eigenvalue weighted by Gasteiger charge is -2.27. The topological polar surface area (TPSA) is 151 Å². The molecule has 0 aromatic carbocycles. The number of carbonyl (C=O) groups excluding carboxylic acids is 3. The summed E-state index contributed by atoms with van der Waals surface area (Å²) in [5.74, 6) is -2.33. The van der Waals surface area contributed by atoms with Crippen molar-refractivity contribution in [1.29, 1.82) is 0 Å². The zero-order valence-corrected chi connectivity index (χ0v) is 21.6. The second-order valence-corrected chi connectivity index (χ2v) is 10.3. The molecule has 192 valence electrons. The van der Waals surface area contributed by atoms with Crippen molar-refractivity contribution in [2.75, 3.05) is 0 Å². The van der Waals surface area contributed by atoms with Gasteiger partial charge in [0.15, 0.2) is 0 Å². The first-order valence-corrected chi connectivity index (χ1v) is 12.1. The highest BCUT2D eigenvalue weighted by atomic mass is 16.4. The predicted molar refractivity (Wildman–Crippen MR) is 129 cm³/mol. The second kappa shape index (κ2) is 14.9. The molecule has 6 N–H and O–H groups in total. The number of nitrogens with one attached hydrogen (secondary N) is 3. The fourth-order valence-electron chi connectivity index (χ4n) is 3.42. The maximum Gasteiger partial charge on any atom is 0.326 e. The maximum atomic E-state index is 13.1. The Morgan fingerprint density at radius 1 is 0.667 bits per heavy atom. The molecule has 33 heavy (non-hydrogen) atoms. The number of carboxylic acid groups (broad SMARTS) is 1. The lowest BCUT2D eigenvalue weighted by atomic mass is 9.97. The van der Waals surface area contributed by atoms with Gasteiger partial charge >= 0.3 is 5.97 Å². The number of nitrogens with two attached hydrogens (primary N) is 1. The largest absolute Gasteiger partial charge is 0.480 e. The highest BCUT2D eigenvalue weighted by Crippen LogP contribution is 2.12. The molecule has 0 aromatic heterocycles. The van der Waals surface area contributed by atoms with Gasteiger partial charge in [-0.3, -0.25) is 14.4 Å². The molecule has 0 aliphatic heterocycles. The van der Waals surface area contributed by atoms with E-state index in [0.29, 0.717) is 12.8 Å². The minimum absolute atomic E-state index is 0.0406. The van der Waals surface area contributed by atoms with Crippen LogP contribution < -0.4 is 21.7 Å². The molecule has 0 radical (unpaired) electrons. The van der Waals surface area contributed by atoms with Crippen LogP contribution in [0.25, 0.3) is 0 Å². The molecule has 5 atom stereocenters. The van der Waals surface area contributed by atoms with Crippen LogP contribution in [0.4, 0.5) is 0 Å². The van der Waals surface area contributed by atoms with Crippen LogP contribution in [0.5, 0.6) is 0 Å². The average Bonchev–Trinajstić information content (AvgIpc) is 2.69. The molecule has 0 heterocycles. The highest BCUT2D eigenvalue weighted by Gasteiger charge is 2.31. The van der Waals surface area contributed by atoms with E-state index in [1.54, 1.807) is 0 Å². The molecule has 9 heteroatoms. The van der Waals surface area contributed by atoms with Crippen LogP contribution in [0.15, 0.2) is 0 Å². The lowest BCUT2D eigenvalue weighted by molar-refractivity contribution is -0.143. The summed E-state index contributed by atoms with van der Waals surface area (Å²) >= 11 is 0. The van der Waals surface area contributed by atoms with Gasteiger partial charge in [0.25, 0.3) is 0 Å². The van der Waals surface area contributed by atoms with Crippen LogP contribution in [-0.2, 0) is 19.2 Å². The van der Waals surface area contributed by atoms with Crippen molar-refractivity contribution in [2.24, 2.45) is 29.4 Å². The molecule has 5 unspecified atom stereocenters. The number of hydrogen-bond donors (Lipinski definition) is 5. The zero-order chi connectivity index (χ0) is 25.9. The molecular weight excluding hydrogens is 424 g/mol. The average molecular weight is 471 g/mol. The number of aliphatic carboxylic acids is 1. The van der Waals surface area contributed by atoms with Gasteiger partial charge in [-0.1, -0.05) is 61.8 Å². The van der Waals surface area contributed by atoms with Crippen LogP contribution in [-0.4, -0.2) is 53.0 Å². The molecule has 0 fully saturated rings. The summed E-state index contributed by atoms with van der Waals surface area (Å²) in [5, 5.41) is 17.5. The Labute approximate surface area is 199 Å². The summed E-state index contributed by atoms with van der Waals surface area (Å²) < 4.78 is 0. The second-order valence-electron chi connectivity index (χ2n) is 10.3. The first-order chi connectivity index (χ1) is 15.2. The smallest absolute Gasteiger partial charge is 0.326 e. The molecule has 3 amide bonds. The summed E-state index contributed by atoms with van der Waals surface area (Å²) in [4.78, 5) is 50.2. The third-order valence-electron chi connectivity index (χ3n) is 5.56. The van der Waals surface area contributed by atoms with Crippen LogP contribution in [0.3, 0.4) is 0 Å². The minimum Gasteiger partial charge on any atom is -0.480 e. The molecule has 0 bridgehead atoms. The quantitative estimate of drug-likeness (QED) is 0.247. The van der Waals surface area contributed by atoms with Crippen LogP contribution >= 0.6 is 0 Å². The van der Waals surface area contributed by atoms with Gasteiger partial charge in [0.2, 0.25) is 17.7 Å². The summed E-state index contributed by atoms with van der Waals surface area (Å²) in [7, 11) is 0. The van der Waals surface area contributed by atoms with E-state index in [0.717, 1.165) is 6.42 Å². The van der Waals surface area contributed by atoms with Crippen molar-refractivity contribution >= 4 is 23.7 Å². The Kier molecular flexibility index (Phi) is 13.9. The Balaban J connectivity index is 5.54. The SMILES string of the molecule is CCC(C)C(N)C(=O)NC(CC(C)C)C(=O)NC(CC(C)C)C(=O)NC(CC(C)C)C(=O)O. The van der Waals surface area contributed by atoms with E-state index in [4.69, 9.17) is 5.73 Å². The van der Waals surface area contributed by atoms with Crippen molar-refractivity contribution in [1.82, 2.24) is 16.0 Å². The van der Waals surface area contributed by atoms with Gasteiger partial charge in [-0.15, -0.1) is 0 Å². The van der Waals surface area contributed by atoms with Crippen molar-refractivity contribution in [3.63, 3.8) is 0 Å². The monoisotopic (exact) mass is 470 g/mol. The maximum absolute atomic E-state index is 13.1. The molecule has 0 aliphatic rings. The molecule has 0 saturated carbocycles. The number of carboxylic acids is 1. The van der Waals surface area contributed by atoms with E-state index < -0.39 is 47.9 Å². The Morgan fingerprint density at radius 3 is 1.33 bits per heavy atom. The predicted octanol–water partition coefficient (Wildman–Crippen LogP) is 2.04. The lowest BCUT2D eigenvalue weighted by Crippen LogP contribution is -2.58. The number of amides is 3. The summed E-state index contributed by atoms with van der Waals surface area (Å²) in [5.41, 5.74) is 6.03. The number of carbonyl (C=O) groups is 4. The Bertz CT molecular complexity index is 651. The van der Waals surface area contributed by atoms with Gasteiger partial charge in [-0.25, -0.2) is 4.79 Å². The highest BCUT2D eigenvalue weighted by molar-refractivity contribution is 5.94. The zero-order valence-electron chi connectivity index (χ0n) is 21.6. The van der Waals surface area contributed by atoms with E-state index in [9.17, 15) is 24.3 Å². The van der Waals surface area contributed by atoms with Crippen molar-refractivity contribution in [3.8, 4) is 0 Å². The fourth-order valence-corrected chi connectivity index (χ4v) is 3.42. The van der Waals surface area contributed by atoms with Crippen molar-refractivity contribution in [2.45, 2.75) is 105 Å². The van der Waals surface area contributed by atoms with E-state index in [2.05, 4.69) is 16.0 Å². The molecule has 0 aliphatic carbocycles. The van der Waals surface area contributed by atoms with Gasteiger partial charge in [0.1, 0.15) is 18.1 Å². The summed E-state index contributed by atoms with van der Waals surface area (Å²) in [6.45, 7) is 15.3. The molecule has 0 saturated heterocycles. The van der Waals surface area contributed by atoms with Crippen molar-refractivity contribution < 1.29 is 24.3 Å².